The van der Waals surface area contributed by atoms with Crippen LogP contribution in [0.3, 0.4) is 0 Å². The first kappa shape index (κ1) is 12.9. The first-order chi connectivity index (χ1) is 8.72. The van der Waals surface area contributed by atoms with E-state index in [2.05, 4.69) is 30.4 Å². The number of benzene rings is 1. The summed E-state index contributed by atoms with van der Waals surface area (Å²) in [6.45, 7) is 2.87. The van der Waals surface area contributed by atoms with Gasteiger partial charge in [0.25, 0.3) is 0 Å². The zero-order valence-corrected chi connectivity index (χ0v) is 11.6. The lowest BCUT2D eigenvalue weighted by Gasteiger charge is -2.07. The van der Waals surface area contributed by atoms with E-state index >= 15 is 0 Å². The summed E-state index contributed by atoms with van der Waals surface area (Å²) in [5.41, 5.74) is 1.41. The molecule has 18 heavy (non-hydrogen) atoms. The normalized spacial score (nSPS) is 10.1. The lowest BCUT2D eigenvalue weighted by molar-refractivity contribution is 1.19. The molecular formula is C14H13ClN2S. The summed E-state index contributed by atoms with van der Waals surface area (Å²) in [5.74, 6) is 0. The van der Waals surface area contributed by atoms with Crippen LogP contribution in [0.25, 0.3) is 0 Å². The first-order valence-electron chi connectivity index (χ1n) is 5.74. The molecule has 1 aromatic heterocycles. The molecule has 0 radical (unpaired) electrons. The van der Waals surface area contributed by atoms with E-state index in [9.17, 15) is 0 Å². The van der Waals surface area contributed by atoms with Crippen molar-refractivity contribution in [1.82, 2.24) is 0 Å². The molecule has 0 saturated carbocycles. The minimum absolute atomic E-state index is 0.617. The van der Waals surface area contributed by atoms with Gasteiger partial charge in [0.2, 0.25) is 0 Å². The molecule has 0 unspecified atom stereocenters. The average Bonchev–Trinajstić information content (AvgIpc) is 2.84. The van der Waals surface area contributed by atoms with Crippen LogP contribution in [0.4, 0.5) is 5.69 Å². The van der Waals surface area contributed by atoms with Crippen molar-refractivity contribution < 1.29 is 0 Å². The molecule has 0 aliphatic rings. The summed E-state index contributed by atoms with van der Waals surface area (Å²) in [6.07, 6.45) is 1.06. The third-order valence-corrected chi connectivity index (χ3v) is 4.09. The van der Waals surface area contributed by atoms with E-state index in [4.69, 9.17) is 16.9 Å². The lowest BCUT2D eigenvalue weighted by atomic mass is 10.2. The van der Waals surface area contributed by atoms with Gasteiger partial charge in [0.1, 0.15) is 6.07 Å². The highest BCUT2D eigenvalue weighted by atomic mass is 35.5. The van der Waals surface area contributed by atoms with E-state index in [0.717, 1.165) is 18.7 Å². The second-order valence-corrected chi connectivity index (χ2v) is 5.57. The Labute approximate surface area is 116 Å². The molecule has 2 rings (SSSR count). The molecule has 92 valence electrons. The number of nitrogens with one attached hydrogen (secondary N) is 1. The quantitative estimate of drug-likeness (QED) is 0.896. The summed E-state index contributed by atoms with van der Waals surface area (Å²) in [5, 5.41) is 12.9. The number of nitrogens with zero attached hydrogens (tertiary/aromatic N) is 1. The Morgan fingerprint density at radius 3 is 2.72 bits per heavy atom. The van der Waals surface area contributed by atoms with Gasteiger partial charge in [0.05, 0.1) is 11.3 Å². The number of aryl methyl sites for hydroxylation is 1. The predicted octanol–water partition coefficient (Wildman–Crippen LogP) is 4.45. The Morgan fingerprint density at radius 1 is 1.28 bits per heavy atom. The van der Waals surface area contributed by atoms with Crippen molar-refractivity contribution >= 4 is 28.6 Å². The standard InChI is InChI=1S/C14H13ClN2S/c1-2-12-5-6-13(18-12)9-17-14-7-11(15)4-3-10(14)8-16/h3-7,17H,2,9H2,1H3. The van der Waals surface area contributed by atoms with Crippen LogP contribution in [0.1, 0.15) is 22.2 Å². The van der Waals surface area contributed by atoms with Gasteiger partial charge in [-0.1, -0.05) is 18.5 Å². The molecule has 0 saturated heterocycles. The smallest absolute Gasteiger partial charge is 0.101 e. The van der Waals surface area contributed by atoms with E-state index < -0.39 is 0 Å². The minimum atomic E-state index is 0.617. The van der Waals surface area contributed by atoms with Crippen molar-refractivity contribution in [3.8, 4) is 6.07 Å². The molecule has 0 bridgehead atoms. The van der Waals surface area contributed by atoms with E-state index in [0.29, 0.717) is 10.6 Å². The zero-order valence-electron chi connectivity index (χ0n) is 10.0. The van der Waals surface area contributed by atoms with Gasteiger partial charge in [-0.25, -0.2) is 0 Å². The fourth-order valence-corrected chi connectivity index (χ4v) is 2.72. The highest BCUT2D eigenvalue weighted by Crippen LogP contribution is 2.23. The molecule has 0 spiro atoms. The SMILES string of the molecule is CCc1ccc(CNc2cc(Cl)ccc2C#N)s1. The Kier molecular flexibility index (Phi) is 4.24. The van der Waals surface area contributed by atoms with Gasteiger partial charge in [-0.2, -0.15) is 5.26 Å². The zero-order chi connectivity index (χ0) is 13.0. The lowest BCUT2D eigenvalue weighted by Crippen LogP contribution is -1.99. The molecule has 2 aromatic rings. The molecular weight excluding hydrogens is 264 g/mol. The summed E-state index contributed by atoms with van der Waals surface area (Å²) in [7, 11) is 0. The van der Waals surface area contributed by atoms with Crippen molar-refractivity contribution in [2.45, 2.75) is 19.9 Å². The van der Waals surface area contributed by atoms with Crippen LogP contribution in [0.5, 0.6) is 0 Å². The van der Waals surface area contributed by atoms with E-state index in [1.54, 1.807) is 29.5 Å². The van der Waals surface area contributed by atoms with Crippen molar-refractivity contribution in [3.05, 3.63) is 50.7 Å². The van der Waals surface area contributed by atoms with Gasteiger partial charge in [-0.3, -0.25) is 0 Å². The largest absolute Gasteiger partial charge is 0.379 e. The van der Waals surface area contributed by atoms with Crippen LogP contribution >= 0.6 is 22.9 Å². The first-order valence-corrected chi connectivity index (χ1v) is 6.93. The molecule has 1 aromatic carbocycles. The number of hydrogen-bond donors (Lipinski definition) is 1. The van der Waals surface area contributed by atoms with E-state index in [-0.39, 0.29) is 0 Å². The maximum Gasteiger partial charge on any atom is 0.101 e. The van der Waals surface area contributed by atoms with Crippen LogP contribution in [0, 0.1) is 11.3 Å². The van der Waals surface area contributed by atoms with E-state index in [1.807, 2.05) is 0 Å². The van der Waals surface area contributed by atoms with Gasteiger partial charge in [-0.15, -0.1) is 11.3 Å². The third-order valence-electron chi connectivity index (χ3n) is 2.62. The maximum absolute atomic E-state index is 9.02. The topological polar surface area (TPSA) is 35.8 Å². The fraction of sp³-hybridized carbons (Fsp3) is 0.214. The molecule has 2 nitrogen and oxygen atoms in total. The minimum Gasteiger partial charge on any atom is -0.379 e. The van der Waals surface area contributed by atoms with Crippen LogP contribution in [-0.4, -0.2) is 0 Å². The van der Waals surface area contributed by atoms with Crippen molar-refractivity contribution in [2.75, 3.05) is 5.32 Å². The second kappa shape index (κ2) is 5.90. The van der Waals surface area contributed by atoms with Gasteiger partial charge in [0.15, 0.2) is 0 Å². The number of anilines is 1. The van der Waals surface area contributed by atoms with Crippen LogP contribution < -0.4 is 5.32 Å². The number of thiophene rings is 1. The highest BCUT2D eigenvalue weighted by Gasteiger charge is 2.04. The van der Waals surface area contributed by atoms with Crippen molar-refractivity contribution in [3.63, 3.8) is 0 Å². The third kappa shape index (κ3) is 3.04. The Balaban J connectivity index is 2.10. The molecule has 0 fully saturated rings. The number of rotatable bonds is 4. The Bertz CT molecular complexity index is 584. The molecule has 0 aliphatic heterocycles. The van der Waals surface area contributed by atoms with Gasteiger partial charge in [-0.05, 0) is 36.8 Å². The van der Waals surface area contributed by atoms with E-state index in [1.165, 1.54) is 9.75 Å². The molecule has 1 N–H and O–H groups in total. The fourth-order valence-electron chi connectivity index (χ4n) is 1.65. The molecule has 4 heteroatoms. The summed E-state index contributed by atoms with van der Waals surface area (Å²) >= 11 is 7.73. The number of hydrogen-bond acceptors (Lipinski definition) is 3. The number of halogens is 1. The van der Waals surface area contributed by atoms with Gasteiger partial charge < -0.3 is 5.32 Å². The van der Waals surface area contributed by atoms with Gasteiger partial charge in [0, 0.05) is 21.3 Å². The summed E-state index contributed by atoms with van der Waals surface area (Å²) < 4.78 is 0. The van der Waals surface area contributed by atoms with Crippen LogP contribution in [-0.2, 0) is 13.0 Å². The van der Waals surface area contributed by atoms with Crippen LogP contribution in [0.15, 0.2) is 30.3 Å². The monoisotopic (exact) mass is 276 g/mol. The maximum atomic E-state index is 9.02. The predicted molar refractivity (Wildman–Crippen MR) is 77.2 cm³/mol. The van der Waals surface area contributed by atoms with Crippen LogP contribution in [0.2, 0.25) is 5.02 Å². The Hall–Kier alpha value is -1.50. The highest BCUT2D eigenvalue weighted by molar-refractivity contribution is 7.12. The average molecular weight is 277 g/mol. The van der Waals surface area contributed by atoms with Crippen molar-refractivity contribution in [1.29, 1.82) is 5.26 Å². The molecule has 0 aliphatic carbocycles. The summed E-state index contributed by atoms with van der Waals surface area (Å²) in [4.78, 5) is 2.63. The van der Waals surface area contributed by atoms with Crippen molar-refractivity contribution in [2.24, 2.45) is 0 Å². The molecule has 0 atom stereocenters. The number of nitriles is 1. The molecule has 1 heterocycles. The second-order valence-electron chi connectivity index (χ2n) is 3.88. The molecule has 0 amide bonds. The van der Waals surface area contributed by atoms with Gasteiger partial charge >= 0.3 is 0 Å². The summed E-state index contributed by atoms with van der Waals surface area (Å²) in [6, 6.07) is 11.7. The Morgan fingerprint density at radius 2 is 2.06 bits per heavy atom.